The van der Waals surface area contributed by atoms with Crippen molar-refractivity contribution in [3.63, 3.8) is 0 Å². The molecular weight excluding hydrogens is 273 g/mol. The molecule has 0 aliphatic heterocycles. The van der Waals surface area contributed by atoms with E-state index in [2.05, 4.69) is 27.4 Å². The van der Waals surface area contributed by atoms with Gasteiger partial charge in [0.15, 0.2) is 0 Å². The molecule has 0 amide bonds. The molecule has 0 spiro atoms. The Morgan fingerprint density at radius 3 is 3.00 bits per heavy atom. The maximum Gasteiger partial charge on any atom is 0.243 e. The zero-order valence-corrected chi connectivity index (χ0v) is 11.0. The number of nitrogens with zero attached hydrogens (tertiary/aromatic N) is 4. The summed E-state index contributed by atoms with van der Waals surface area (Å²) in [6, 6.07) is 5.48. The van der Waals surface area contributed by atoms with Crippen LogP contribution in [0.15, 0.2) is 30.9 Å². The van der Waals surface area contributed by atoms with Gasteiger partial charge >= 0.3 is 0 Å². The molecule has 94 valence electrons. The van der Waals surface area contributed by atoms with Gasteiger partial charge in [0, 0.05) is 6.54 Å². The van der Waals surface area contributed by atoms with E-state index in [4.69, 9.17) is 23.2 Å². The van der Waals surface area contributed by atoms with Crippen LogP contribution >= 0.6 is 23.2 Å². The molecule has 1 aromatic carbocycles. The van der Waals surface area contributed by atoms with E-state index >= 15 is 0 Å². The third-order valence-corrected chi connectivity index (χ3v) is 3.16. The first-order valence-electron chi connectivity index (χ1n) is 5.26. The highest BCUT2D eigenvalue weighted by molar-refractivity contribution is 6.42. The van der Waals surface area contributed by atoms with Crippen LogP contribution in [0.2, 0.25) is 10.0 Å². The minimum absolute atomic E-state index is 0.497. The van der Waals surface area contributed by atoms with Crippen molar-refractivity contribution in [3.8, 4) is 0 Å². The number of hydrogen-bond donors (Lipinski definition) is 1. The number of allylic oxidation sites excluding steroid dienone is 1. The Hall–Kier alpha value is -1.59. The average Bonchev–Trinajstić information content (AvgIpc) is 2.79. The van der Waals surface area contributed by atoms with Crippen LogP contribution in [0.3, 0.4) is 0 Å². The topological polar surface area (TPSA) is 55.6 Å². The summed E-state index contributed by atoms with van der Waals surface area (Å²) in [5.41, 5.74) is 0.886. The van der Waals surface area contributed by atoms with E-state index in [1.165, 1.54) is 0 Å². The Kier molecular flexibility index (Phi) is 4.17. The molecule has 0 saturated carbocycles. The van der Waals surface area contributed by atoms with Gasteiger partial charge in [-0.05, 0) is 22.1 Å². The summed E-state index contributed by atoms with van der Waals surface area (Å²) in [6.07, 6.45) is 1.72. The fourth-order valence-electron chi connectivity index (χ4n) is 1.44. The second kappa shape index (κ2) is 5.84. The molecule has 0 radical (unpaired) electrons. The van der Waals surface area contributed by atoms with Crippen LogP contribution in [0.4, 0.5) is 5.95 Å². The molecule has 7 heteroatoms. The van der Waals surface area contributed by atoms with Gasteiger partial charge in [-0.15, -0.1) is 6.58 Å². The number of tetrazole rings is 1. The Balaban J connectivity index is 2.09. The van der Waals surface area contributed by atoms with E-state index in [9.17, 15) is 0 Å². The van der Waals surface area contributed by atoms with E-state index in [1.807, 2.05) is 12.1 Å². The molecule has 0 aliphatic carbocycles. The van der Waals surface area contributed by atoms with Gasteiger partial charge in [-0.2, -0.15) is 0 Å². The summed E-state index contributed by atoms with van der Waals surface area (Å²) < 4.78 is 1.60. The van der Waals surface area contributed by atoms with Crippen LogP contribution in [0.25, 0.3) is 0 Å². The van der Waals surface area contributed by atoms with Crippen molar-refractivity contribution in [2.75, 3.05) is 5.32 Å². The Morgan fingerprint density at radius 2 is 2.22 bits per heavy atom. The smallest absolute Gasteiger partial charge is 0.243 e. The van der Waals surface area contributed by atoms with Gasteiger partial charge in [-0.1, -0.05) is 46.5 Å². The zero-order valence-electron chi connectivity index (χ0n) is 9.48. The van der Waals surface area contributed by atoms with E-state index < -0.39 is 0 Å². The molecule has 0 bridgehead atoms. The van der Waals surface area contributed by atoms with E-state index in [0.717, 1.165) is 5.56 Å². The van der Waals surface area contributed by atoms with Crippen molar-refractivity contribution < 1.29 is 0 Å². The van der Waals surface area contributed by atoms with Crippen LogP contribution in [0.5, 0.6) is 0 Å². The molecule has 0 fully saturated rings. The quantitative estimate of drug-likeness (QED) is 0.858. The number of benzene rings is 1. The molecule has 1 aromatic heterocycles. The lowest BCUT2D eigenvalue weighted by Gasteiger charge is -2.08. The van der Waals surface area contributed by atoms with Crippen LogP contribution in [0.1, 0.15) is 5.56 Å². The van der Waals surface area contributed by atoms with Crippen molar-refractivity contribution >= 4 is 29.2 Å². The molecule has 18 heavy (non-hydrogen) atoms. The summed E-state index contributed by atoms with van der Waals surface area (Å²) in [7, 11) is 0. The largest absolute Gasteiger partial charge is 0.349 e. The number of aromatic nitrogens is 4. The summed E-state index contributed by atoms with van der Waals surface area (Å²) in [5.74, 6) is 0.561. The third kappa shape index (κ3) is 2.80. The standard InChI is InChI=1S/C11H11Cl2N5/c1-2-6-18-11(15-16-17-18)14-7-8-4-3-5-9(12)10(8)13/h2-5H,1,6-7H2,(H,14,15,17). The highest BCUT2D eigenvalue weighted by atomic mass is 35.5. The summed E-state index contributed by atoms with van der Waals surface area (Å²) in [4.78, 5) is 0. The summed E-state index contributed by atoms with van der Waals surface area (Å²) in [5, 5.41) is 15.4. The van der Waals surface area contributed by atoms with E-state index in [1.54, 1.807) is 16.8 Å². The minimum Gasteiger partial charge on any atom is -0.349 e. The first-order valence-corrected chi connectivity index (χ1v) is 6.01. The number of rotatable bonds is 5. The number of anilines is 1. The van der Waals surface area contributed by atoms with Gasteiger partial charge in [0.1, 0.15) is 0 Å². The number of halogens is 2. The summed E-state index contributed by atoms with van der Waals surface area (Å²) in [6.45, 7) is 4.68. The van der Waals surface area contributed by atoms with Gasteiger partial charge in [-0.25, -0.2) is 4.68 Å². The number of nitrogens with one attached hydrogen (secondary N) is 1. The highest BCUT2D eigenvalue weighted by Crippen LogP contribution is 2.25. The normalized spacial score (nSPS) is 10.3. The lowest BCUT2D eigenvalue weighted by atomic mass is 10.2. The summed E-state index contributed by atoms with van der Waals surface area (Å²) >= 11 is 12.0. The molecule has 2 aromatic rings. The first kappa shape index (κ1) is 12.9. The maximum absolute atomic E-state index is 6.09. The molecule has 1 heterocycles. The van der Waals surface area contributed by atoms with Crippen molar-refractivity contribution in [2.24, 2.45) is 0 Å². The van der Waals surface area contributed by atoms with Crippen LogP contribution < -0.4 is 5.32 Å². The van der Waals surface area contributed by atoms with Gasteiger partial charge < -0.3 is 5.32 Å². The lowest BCUT2D eigenvalue weighted by molar-refractivity contribution is 0.663. The molecule has 5 nitrogen and oxygen atoms in total. The Labute approximate surface area is 114 Å². The van der Waals surface area contributed by atoms with E-state index in [-0.39, 0.29) is 0 Å². The molecule has 2 rings (SSSR count). The molecule has 0 atom stereocenters. The van der Waals surface area contributed by atoms with Gasteiger partial charge in [0.2, 0.25) is 5.95 Å². The van der Waals surface area contributed by atoms with Crippen molar-refractivity contribution in [3.05, 3.63) is 46.5 Å². The number of hydrogen-bond acceptors (Lipinski definition) is 4. The van der Waals surface area contributed by atoms with Gasteiger partial charge in [0.25, 0.3) is 0 Å². The second-order valence-corrected chi connectivity index (χ2v) is 4.32. The molecule has 0 aliphatic rings. The molecule has 1 N–H and O–H groups in total. The lowest BCUT2D eigenvalue weighted by Crippen LogP contribution is -2.08. The molecule has 0 unspecified atom stereocenters. The van der Waals surface area contributed by atoms with Crippen molar-refractivity contribution in [1.82, 2.24) is 20.2 Å². The average molecular weight is 284 g/mol. The zero-order chi connectivity index (χ0) is 13.0. The van der Waals surface area contributed by atoms with Crippen LogP contribution in [0, 0.1) is 0 Å². The van der Waals surface area contributed by atoms with Crippen LogP contribution in [-0.2, 0) is 13.1 Å². The molecular formula is C11H11Cl2N5. The Morgan fingerprint density at radius 1 is 1.39 bits per heavy atom. The minimum atomic E-state index is 0.497. The second-order valence-electron chi connectivity index (χ2n) is 3.54. The maximum atomic E-state index is 6.09. The Bertz CT molecular complexity index is 552. The first-order chi connectivity index (χ1) is 8.72. The van der Waals surface area contributed by atoms with E-state index in [0.29, 0.717) is 29.1 Å². The fraction of sp³-hybridized carbons (Fsp3) is 0.182. The molecule has 0 saturated heterocycles. The van der Waals surface area contributed by atoms with Gasteiger partial charge in [-0.3, -0.25) is 0 Å². The van der Waals surface area contributed by atoms with Crippen molar-refractivity contribution in [2.45, 2.75) is 13.1 Å². The third-order valence-electron chi connectivity index (χ3n) is 2.30. The van der Waals surface area contributed by atoms with Crippen LogP contribution in [-0.4, -0.2) is 20.2 Å². The van der Waals surface area contributed by atoms with Gasteiger partial charge in [0.05, 0.1) is 16.6 Å². The monoisotopic (exact) mass is 283 g/mol. The predicted molar refractivity (Wildman–Crippen MR) is 71.8 cm³/mol. The highest BCUT2D eigenvalue weighted by Gasteiger charge is 2.07. The SMILES string of the molecule is C=CCn1nnnc1NCc1cccc(Cl)c1Cl. The predicted octanol–water partition coefficient (Wildman–Crippen LogP) is 2.78. The fourth-order valence-corrected chi connectivity index (χ4v) is 1.82. The van der Waals surface area contributed by atoms with Crippen molar-refractivity contribution in [1.29, 1.82) is 0 Å².